The van der Waals surface area contributed by atoms with E-state index < -0.39 is 11.9 Å². The molecule has 4 heterocycles. The highest BCUT2D eigenvalue weighted by Crippen LogP contribution is 2.34. The summed E-state index contributed by atoms with van der Waals surface area (Å²) in [6, 6.07) is 39.9. The van der Waals surface area contributed by atoms with E-state index in [0.29, 0.717) is 17.8 Å². The van der Waals surface area contributed by atoms with Crippen LogP contribution in [0, 0.1) is 0 Å². The first-order chi connectivity index (χ1) is 24.5. The number of fused-ring (bicyclic) bond motifs is 2. The van der Waals surface area contributed by atoms with E-state index in [-0.39, 0.29) is 11.5 Å². The average molecular weight is 659 g/mol. The SMILES string of the molecule is CCOC(=O)c1cc2c(-c3cccc(-c4ccccc4)c3)cncc2o1.O=C(O)c1cc2c(-c3cccc(-c4ccccc4)c3)cncc2o1. The molecule has 0 amide bonds. The number of pyridine rings is 2. The van der Waals surface area contributed by atoms with E-state index in [2.05, 4.69) is 52.4 Å². The Morgan fingerprint density at radius 2 is 1.00 bits per heavy atom. The summed E-state index contributed by atoms with van der Waals surface area (Å²) in [5, 5.41) is 10.7. The minimum absolute atomic E-state index is 0.0848. The van der Waals surface area contributed by atoms with Gasteiger partial charge < -0.3 is 18.7 Å². The molecule has 4 aromatic carbocycles. The van der Waals surface area contributed by atoms with Crippen molar-refractivity contribution in [2.75, 3.05) is 6.61 Å². The van der Waals surface area contributed by atoms with Gasteiger partial charge in [-0.2, -0.15) is 0 Å². The maximum absolute atomic E-state index is 12.0. The largest absolute Gasteiger partial charge is 0.475 e. The molecular weight excluding hydrogens is 628 g/mol. The van der Waals surface area contributed by atoms with Crippen molar-refractivity contribution in [3.8, 4) is 44.5 Å². The molecule has 0 spiro atoms. The fourth-order valence-corrected chi connectivity index (χ4v) is 5.78. The number of hydrogen-bond acceptors (Lipinski definition) is 7. The van der Waals surface area contributed by atoms with Gasteiger partial charge in [0, 0.05) is 46.4 Å². The molecule has 50 heavy (non-hydrogen) atoms. The molecule has 4 aromatic heterocycles. The van der Waals surface area contributed by atoms with Gasteiger partial charge in [0.15, 0.2) is 11.2 Å². The van der Waals surface area contributed by atoms with Gasteiger partial charge in [0.1, 0.15) is 0 Å². The van der Waals surface area contributed by atoms with Crippen LogP contribution in [0.5, 0.6) is 0 Å². The smallest absolute Gasteiger partial charge is 0.374 e. The van der Waals surface area contributed by atoms with Crippen LogP contribution in [0.1, 0.15) is 28.0 Å². The number of aromatic nitrogens is 2. The fourth-order valence-electron chi connectivity index (χ4n) is 5.78. The summed E-state index contributed by atoms with van der Waals surface area (Å²) in [4.78, 5) is 31.6. The van der Waals surface area contributed by atoms with Crippen LogP contribution < -0.4 is 0 Å². The first-order valence-corrected chi connectivity index (χ1v) is 16.0. The van der Waals surface area contributed by atoms with E-state index in [0.717, 1.165) is 55.3 Å². The average Bonchev–Trinajstić information content (AvgIpc) is 3.82. The molecule has 0 aliphatic heterocycles. The number of carbonyl (C=O) groups is 2. The summed E-state index contributed by atoms with van der Waals surface area (Å²) in [5.74, 6) is -1.45. The zero-order valence-corrected chi connectivity index (χ0v) is 26.9. The number of furan rings is 2. The second-order valence-corrected chi connectivity index (χ2v) is 11.3. The van der Waals surface area contributed by atoms with E-state index in [1.807, 2.05) is 66.7 Å². The molecule has 0 atom stereocenters. The molecule has 0 bridgehead atoms. The lowest BCUT2D eigenvalue weighted by atomic mass is 9.98. The third-order valence-corrected chi connectivity index (χ3v) is 8.14. The van der Waals surface area contributed by atoms with Gasteiger partial charge in [-0.3, -0.25) is 9.97 Å². The van der Waals surface area contributed by atoms with Crippen molar-refractivity contribution >= 4 is 33.9 Å². The van der Waals surface area contributed by atoms with Gasteiger partial charge in [-0.05, 0) is 52.4 Å². The Morgan fingerprint density at radius 1 is 0.560 bits per heavy atom. The van der Waals surface area contributed by atoms with Gasteiger partial charge in [-0.1, -0.05) is 97.1 Å². The zero-order chi connectivity index (χ0) is 34.5. The summed E-state index contributed by atoms with van der Waals surface area (Å²) in [6.07, 6.45) is 6.67. The monoisotopic (exact) mass is 658 g/mol. The van der Waals surface area contributed by atoms with Crippen molar-refractivity contribution in [2.24, 2.45) is 0 Å². The van der Waals surface area contributed by atoms with Crippen molar-refractivity contribution in [3.63, 3.8) is 0 Å². The number of carboxylic acid groups (broad SMARTS) is 1. The van der Waals surface area contributed by atoms with Crippen LogP contribution in [-0.4, -0.2) is 33.6 Å². The molecule has 0 aliphatic carbocycles. The first kappa shape index (κ1) is 31.8. The Bertz CT molecular complexity index is 2450. The van der Waals surface area contributed by atoms with Crippen molar-refractivity contribution in [1.29, 1.82) is 0 Å². The summed E-state index contributed by atoms with van der Waals surface area (Å²) in [7, 11) is 0. The van der Waals surface area contributed by atoms with E-state index in [1.54, 1.807) is 37.6 Å². The molecule has 8 aromatic rings. The second kappa shape index (κ2) is 14.1. The van der Waals surface area contributed by atoms with Gasteiger partial charge in [-0.15, -0.1) is 0 Å². The first-order valence-electron chi connectivity index (χ1n) is 16.0. The van der Waals surface area contributed by atoms with Crippen LogP contribution in [0.3, 0.4) is 0 Å². The van der Waals surface area contributed by atoms with Gasteiger partial charge in [0.25, 0.3) is 0 Å². The third kappa shape index (κ3) is 6.63. The Balaban J connectivity index is 0.000000157. The number of rotatable bonds is 7. The van der Waals surface area contributed by atoms with Crippen LogP contribution in [0.25, 0.3) is 66.4 Å². The maximum Gasteiger partial charge on any atom is 0.374 e. The van der Waals surface area contributed by atoms with Crippen molar-refractivity contribution in [1.82, 2.24) is 9.97 Å². The van der Waals surface area contributed by atoms with Gasteiger partial charge in [0.2, 0.25) is 11.5 Å². The Hall–Kier alpha value is -6.80. The Kier molecular flexibility index (Phi) is 8.98. The molecule has 8 rings (SSSR count). The molecule has 0 saturated carbocycles. The summed E-state index contributed by atoms with van der Waals surface area (Å²) in [5.41, 5.74) is 9.26. The molecule has 8 nitrogen and oxygen atoms in total. The number of nitrogens with zero attached hydrogens (tertiary/aromatic N) is 2. The molecule has 244 valence electrons. The lowest BCUT2D eigenvalue weighted by molar-refractivity contribution is 0.0492. The molecule has 1 N–H and O–H groups in total. The van der Waals surface area contributed by atoms with Crippen LogP contribution in [0.2, 0.25) is 0 Å². The number of benzene rings is 4. The molecule has 0 saturated heterocycles. The van der Waals surface area contributed by atoms with E-state index >= 15 is 0 Å². The third-order valence-electron chi connectivity index (χ3n) is 8.14. The molecule has 0 unspecified atom stereocenters. The second-order valence-electron chi connectivity index (χ2n) is 11.3. The predicted octanol–water partition coefficient (Wildman–Crippen LogP) is 10.2. The standard InChI is InChI=1S/C22H17NO3.C20H13NO3/c1-2-25-22(24)20-12-18-19(13-23-14-21(18)26-20)17-10-6-9-16(11-17)15-7-4-3-5-8-15;22-20(23)18-10-16-17(11-21-12-19(16)24-18)15-8-4-7-14(9-15)13-5-2-1-3-6-13/h3-14H,2H2,1H3;1-12H,(H,22,23). The minimum atomic E-state index is -1.09. The number of esters is 1. The minimum Gasteiger partial charge on any atom is -0.475 e. The normalized spacial score (nSPS) is 10.8. The summed E-state index contributed by atoms with van der Waals surface area (Å²) >= 11 is 0. The number of carboxylic acids is 1. The molecule has 0 radical (unpaired) electrons. The summed E-state index contributed by atoms with van der Waals surface area (Å²) < 4.78 is 16.0. The predicted molar refractivity (Wildman–Crippen MR) is 193 cm³/mol. The van der Waals surface area contributed by atoms with Crippen LogP contribution >= 0.6 is 0 Å². The molecule has 8 heteroatoms. The number of aromatic carboxylic acids is 1. The van der Waals surface area contributed by atoms with Crippen molar-refractivity contribution in [3.05, 3.63) is 158 Å². The zero-order valence-electron chi connectivity index (χ0n) is 26.9. The molecule has 0 fully saturated rings. The van der Waals surface area contributed by atoms with Crippen molar-refractivity contribution < 1.29 is 28.3 Å². The molecular formula is C42H30N2O6. The fraction of sp³-hybridized carbons (Fsp3) is 0.0476. The topological polar surface area (TPSA) is 116 Å². The highest BCUT2D eigenvalue weighted by Gasteiger charge is 2.17. The number of carbonyl (C=O) groups excluding carboxylic acids is 1. The summed E-state index contributed by atoms with van der Waals surface area (Å²) in [6.45, 7) is 2.07. The number of hydrogen-bond donors (Lipinski definition) is 1. The highest BCUT2D eigenvalue weighted by molar-refractivity contribution is 6.00. The molecule has 0 aliphatic rings. The van der Waals surface area contributed by atoms with Crippen LogP contribution in [0.15, 0.2) is 155 Å². The maximum atomic E-state index is 12.0. The number of ether oxygens (including phenoxy) is 1. The van der Waals surface area contributed by atoms with Gasteiger partial charge in [0.05, 0.1) is 19.0 Å². The van der Waals surface area contributed by atoms with Crippen LogP contribution in [-0.2, 0) is 4.74 Å². The highest BCUT2D eigenvalue weighted by atomic mass is 16.5. The van der Waals surface area contributed by atoms with Gasteiger partial charge >= 0.3 is 11.9 Å². The van der Waals surface area contributed by atoms with E-state index in [4.69, 9.17) is 18.7 Å². The Labute approximate surface area is 287 Å². The van der Waals surface area contributed by atoms with Gasteiger partial charge in [-0.25, -0.2) is 9.59 Å². The van der Waals surface area contributed by atoms with Crippen LogP contribution in [0.4, 0.5) is 0 Å². The Morgan fingerprint density at radius 3 is 1.48 bits per heavy atom. The lowest BCUT2D eigenvalue weighted by Crippen LogP contribution is -2.02. The lowest BCUT2D eigenvalue weighted by Gasteiger charge is -2.06. The van der Waals surface area contributed by atoms with E-state index in [1.165, 1.54) is 6.20 Å². The van der Waals surface area contributed by atoms with E-state index in [9.17, 15) is 9.59 Å². The van der Waals surface area contributed by atoms with Crippen molar-refractivity contribution in [2.45, 2.75) is 6.92 Å². The quantitative estimate of drug-likeness (QED) is 0.168.